The molecule has 0 spiro atoms. The molecule has 1 aromatic rings. The highest BCUT2D eigenvalue weighted by molar-refractivity contribution is 5.74. The third-order valence-electron chi connectivity index (χ3n) is 2.12. The van der Waals surface area contributed by atoms with Gasteiger partial charge in [0.2, 0.25) is 0 Å². The van der Waals surface area contributed by atoms with Crippen LogP contribution in [0.4, 0.5) is 9.18 Å². The Kier molecular flexibility index (Phi) is 4.51. The molecule has 2 N–H and O–H groups in total. The SMILES string of the molecule is C=CCNC(=O)NC(C)c1ccc(F)cc1. The van der Waals surface area contributed by atoms with E-state index in [-0.39, 0.29) is 17.9 Å². The highest BCUT2D eigenvalue weighted by Crippen LogP contribution is 2.12. The molecule has 0 saturated carbocycles. The minimum absolute atomic E-state index is 0.162. The van der Waals surface area contributed by atoms with Crippen LogP contribution in [0.25, 0.3) is 0 Å². The van der Waals surface area contributed by atoms with Crippen molar-refractivity contribution in [2.24, 2.45) is 0 Å². The van der Waals surface area contributed by atoms with Gasteiger partial charge in [0.15, 0.2) is 0 Å². The summed E-state index contributed by atoms with van der Waals surface area (Å²) < 4.78 is 12.7. The Bertz CT molecular complexity index is 362. The molecule has 0 aliphatic heterocycles. The average molecular weight is 222 g/mol. The van der Waals surface area contributed by atoms with E-state index in [9.17, 15) is 9.18 Å². The van der Waals surface area contributed by atoms with E-state index in [1.807, 2.05) is 6.92 Å². The van der Waals surface area contributed by atoms with Crippen molar-refractivity contribution in [1.29, 1.82) is 0 Å². The van der Waals surface area contributed by atoms with Crippen LogP contribution in [0.2, 0.25) is 0 Å². The second-order valence-electron chi connectivity index (χ2n) is 3.42. The Morgan fingerprint density at radius 1 is 1.50 bits per heavy atom. The van der Waals surface area contributed by atoms with Crippen LogP contribution >= 0.6 is 0 Å². The van der Waals surface area contributed by atoms with Gasteiger partial charge in [-0.15, -0.1) is 6.58 Å². The highest BCUT2D eigenvalue weighted by atomic mass is 19.1. The van der Waals surface area contributed by atoms with Crippen molar-refractivity contribution in [3.05, 3.63) is 48.3 Å². The molecule has 0 fully saturated rings. The number of amides is 2. The van der Waals surface area contributed by atoms with Crippen molar-refractivity contribution >= 4 is 6.03 Å². The fraction of sp³-hybridized carbons (Fsp3) is 0.250. The molecule has 0 saturated heterocycles. The van der Waals surface area contributed by atoms with Gasteiger partial charge in [-0.2, -0.15) is 0 Å². The Morgan fingerprint density at radius 3 is 2.69 bits per heavy atom. The third kappa shape index (κ3) is 3.73. The van der Waals surface area contributed by atoms with Crippen molar-refractivity contribution in [2.75, 3.05) is 6.54 Å². The van der Waals surface area contributed by atoms with Gasteiger partial charge in [0.25, 0.3) is 0 Å². The number of carbonyl (C=O) groups excluding carboxylic acids is 1. The van der Waals surface area contributed by atoms with Crippen LogP contribution in [0.15, 0.2) is 36.9 Å². The average Bonchev–Trinajstić information content (AvgIpc) is 2.27. The molecule has 0 bridgehead atoms. The van der Waals surface area contributed by atoms with E-state index in [0.717, 1.165) is 5.56 Å². The van der Waals surface area contributed by atoms with E-state index < -0.39 is 0 Å². The molecule has 2 amide bonds. The summed E-state index contributed by atoms with van der Waals surface area (Å²) in [5.74, 6) is -0.285. The molecular weight excluding hydrogens is 207 g/mol. The van der Waals surface area contributed by atoms with Crippen LogP contribution in [0, 0.1) is 5.82 Å². The predicted octanol–water partition coefficient (Wildman–Crippen LogP) is 2.37. The Labute approximate surface area is 94.4 Å². The largest absolute Gasteiger partial charge is 0.335 e. The first-order valence-corrected chi connectivity index (χ1v) is 5.04. The van der Waals surface area contributed by atoms with E-state index in [0.29, 0.717) is 6.54 Å². The van der Waals surface area contributed by atoms with Crippen molar-refractivity contribution in [3.63, 3.8) is 0 Å². The topological polar surface area (TPSA) is 41.1 Å². The van der Waals surface area contributed by atoms with Gasteiger partial charge in [-0.05, 0) is 24.6 Å². The van der Waals surface area contributed by atoms with Crippen LogP contribution in [0.1, 0.15) is 18.5 Å². The predicted molar refractivity (Wildman–Crippen MR) is 61.5 cm³/mol. The van der Waals surface area contributed by atoms with Crippen LogP contribution in [-0.4, -0.2) is 12.6 Å². The molecule has 0 heterocycles. The van der Waals surface area contributed by atoms with Gasteiger partial charge < -0.3 is 10.6 Å². The normalized spacial score (nSPS) is 11.6. The van der Waals surface area contributed by atoms with E-state index in [1.165, 1.54) is 12.1 Å². The van der Waals surface area contributed by atoms with Gasteiger partial charge in [0.1, 0.15) is 5.82 Å². The van der Waals surface area contributed by atoms with Crippen molar-refractivity contribution in [2.45, 2.75) is 13.0 Å². The summed E-state index contributed by atoms with van der Waals surface area (Å²) in [5, 5.41) is 5.33. The minimum Gasteiger partial charge on any atom is -0.335 e. The van der Waals surface area contributed by atoms with E-state index in [1.54, 1.807) is 18.2 Å². The maximum absolute atomic E-state index is 12.7. The summed E-state index contributed by atoms with van der Waals surface area (Å²) in [6, 6.07) is 5.61. The molecule has 86 valence electrons. The first kappa shape index (κ1) is 12.2. The van der Waals surface area contributed by atoms with E-state index in [2.05, 4.69) is 17.2 Å². The molecule has 0 aliphatic carbocycles. The number of halogens is 1. The monoisotopic (exact) mass is 222 g/mol. The van der Waals surface area contributed by atoms with Crippen LogP contribution in [-0.2, 0) is 0 Å². The summed E-state index contributed by atoms with van der Waals surface area (Å²) in [6.07, 6.45) is 1.60. The zero-order chi connectivity index (χ0) is 12.0. The maximum Gasteiger partial charge on any atom is 0.315 e. The number of urea groups is 1. The van der Waals surface area contributed by atoms with Gasteiger partial charge in [0, 0.05) is 6.54 Å². The quantitative estimate of drug-likeness (QED) is 0.754. The number of hydrogen-bond donors (Lipinski definition) is 2. The standard InChI is InChI=1S/C12H15FN2O/c1-3-8-14-12(16)15-9(2)10-4-6-11(13)7-5-10/h3-7,9H,1,8H2,2H3,(H2,14,15,16). The molecule has 1 aromatic carbocycles. The lowest BCUT2D eigenvalue weighted by Gasteiger charge is -2.14. The van der Waals surface area contributed by atoms with E-state index in [4.69, 9.17) is 0 Å². The number of nitrogens with one attached hydrogen (secondary N) is 2. The second-order valence-corrected chi connectivity index (χ2v) is 3.42. The Hall–Kier alpha value is -1.84. The third-order valence-corrected chi connectivity index (χ3v) is 2.12. The number of hydrogen-bond acceptors (Lipinski definition) is 1. The molecule has 16 heavy (non-hydrogen) atoms. The molecule has 1 unspecified atom stereocenters. The van der Waals surface area contributed by atoms with Crippen molar-refractivity contribution < 1.29 is 9.18 Å². The second kappa shape index (κ2) is 5.90. The number of carbonyl (C=O) groups is 1. The van der Waals surface area contributed by atoms with Gasteiger partial charge in [-0.1, -0.05) is 18.2 Å². The number of benzene rings is 1. The van der Waals surface area contributed by atoms with Crippen molar-refractivity contribution in [1.82, 2.24) is 10.6 Å². The lowest BCUT2D eigenvalue weighted by molar-refractivity contribution is 0.239. The molecular formula is C12H15FN2O. The van der Waals surface area contributed by atoms with Crippen LogP contribution < -0.4 is 10.6 Å². The van der Waals surface area contributed by atoms with Gasteiger partial charge >= 0.3 is 6.03 Å². The fourth-order valence-corrected chi connectivity index (χ4v) is 1.25. The van der Waals surface area contributed by atoms with Gasteiger partial charge in [-0.3, -0.25) is 0 Å². The molecule has 1 atom stereocenters. The molecule has 3 nitrogen and oxygen atoms in total. The first-order chi connectivity index (χ1) is 7.63. The summed E-state index contributed by atoms with van der Waals surface area (Å²) >= 11 is 0. The Balaban J connectivity index is 2.51. The molecule has 0 aliphatic rings. The summed E-state index contributed by atoms with van der Waals surface area (Å²) in [6.45, 7) is 5.75. The van der Waals surface area contributed by atoms with E-state index >= 15 is 0 Å². The summed E-state index contributed by atoms with van der Waals surface area (Å²) in [7, 11) is 0. The molecule has 0 aromatic heterocycles. The highest BCUT2D eigenvalue weighted by Gasteiger charge is 2.08. The van der Waals surface area contributed by atoms with Crippen LogP contribution in [0.5, 0.6) is 0 Å². The van der Waals surface area contributed by atoms with Crippen molar-refractivity contribution in [3.8, 4) is 0 Å². The summed E-state index contributed by atoms with van der Waals surface area (Å²) in [4.78, 5) is 11.3. The zero-order valence-corrected chi connectivity index (χ0v) is 9.16. The minimum atomic E-state index is -0.285. The molecule has 1 rings (SSSR count). The zero-order valence-electron chi connectivity index (χ0n) is 9.16. The molecule has 0 radical (unpaired) electrons. The Morgan fingerprint density at radius 2 is 2.12 bits per heavy atom. The lowest BCUT2D eigenvalue weighted by atomic mass is 10.1. The lowest BCUT2D eigenvalue weighted by Crippen LogP contribution is -2.37. The van der Waals surface area contributed by atoms with Crippen LogP contribution in [0.3, 0.4) is 0 Å². The summed E-state index contributed by atoms with van der Waals surface area (Å²) in [5.41, 5.74) is 0.857. The molecule has 4 heteroatoms. The fourth-order valence-electron chi connectivity index (χ4n) is 1.25. The smallest absolute Gasteiger partial charge is 0.315 e. The van der Waals surface area contributed by atoms with Gasteiger partial charge in [0.05, 0.1) is 6.04 Å². The first-order valence-electron chi connectivity index (χ1n) is 5.04. The number of rotatable bonds is 4. The van der Waals surface area contributed by atoms with Gasteiger partial charge in [-0.25, -0.2) is 9.18 Å². The maximum atomic E-state index is 12.7.